The molecule has 0 fully saturated rings. The number of unbranched alkanes of at least 4 members (excludes halogenated alkanes) is 11. The maximum atomic E-state index is 12.1. The van der Waals surface area contributed by atoms with Gasteiger partial charge in [0.25, 0.3) is 0 Å². The number of carbonyl (C=O) groups is 1. The largest absolute Gasteiger partial charge is 0.457 e. The van der Waals surface area contributed by atoms with Crippen LogP contribution in [-0.2, 0) is 14.3 Å². The van der Waals surface area contributed by atoms with Gasteiger partial charge in [0.05, 0.1) is 13.2 Å². The molecule has 0 radical (unpaired) electrons. The van der Waals surface area contributed by atoms with E-state index in [0.29, 0.717) is 13.0 Å². The van der Waals surface area contributed by atoms with Crippen LogP contribution in [-0.4, -0.2) is 37.0 Å². The Morgan fingerprint density at radius 2 is 1.05 bits per heavy atom. The highest BCUT2D eigenvalue weighted by Crippen LogP contribution is 2.11. The van der Waals surface area contributed by atoms with Crippen molar-refractivity contribution in [1.29, 1.82) is 0 Å². The first-order valence-corrected chi connectivity index (χ1v) is 17.5. The molecule has 0 amide bonds. The van der Waals surface area contributed by atoms with Crippen LogP contribution in [0.1, 0.15) is 142 Å². The van der Waals surface area contributed by atoms with Crippen molar-refractivity contribution in [2.75, 3.05) is 19.8 Å². The Morgan fingerprint density at radius 1 is 0.581 bits per heavy atom. The van der Waals surface area contributed by atoms with E-state index in [1.165, 1.54) is 57.8 Å². The zero-order valence-electron chi connectivity index (χ0n) is 27.9. The van der Waals surface area contributed by atoms with Crippen LogP contribution in [0.3, 0.4) is 0 Å². The number of ether oxygens (including phenoxy) is 2. The van der Waals surface area contributed by atoms with Gasteiger partial charge in [0.15, 0.2) is 0 Å². The fourth-order valence-electron chi connectivity index (χ4n) is 4.45. The Kier molecular flexibility index (Phi) is 34.2. The molecule has 4 nitrogen and oxygen atoms in total. The molecule has 0 heterocycles. The zero-order valence-corrected chi connectivity index (χ0v) is 27.9. The Labute approximate surface area is 266 Å². The average molecular weight is 599 g/mol. The van der Waals surface area contributed by atoms with Gasteiger partial charge >= 0.3 is 5.97 Å². The van der Waals surface area contributed by atoms with Gasteiger partial charge in [0.1, 0.15) is 6.10 Å². The molecule has 246 valence electrons. The molecule has 0 spiro atoms. The van der Waals surface area contributed by atoms with Crippen molar-refractivity contribution < 1.29 is 19.4 Å². The Bertz CT molecular complexity index is 759. The van der Waals surface area contributed by atoms with Crippen molar-refractivity contribution in [3.63, 3.8) is 0 Å². The molecular formula is C39H66O4. The van der Waals surface area contributed by atoms with Gasteiger partial charge in [-0.1, -0.05) is 145 Å². The van der Waals surface area contributed by atoms with Gasteiger partial charge in [0.2, 0.25) is 0 Å². The maximum Gasteiger partial charge on any atom is 0.306 e. The number of aliphatic hydroxyl groups is 1. The van der Waals surface area contributed by atoms with Gasteiger partial charge in [-0.25, -0.2) is 0 Å². The lowest BCUT2D eigenvalue weighted by atomic mass is 10.1. The van der Waals surface area contributed by atoms with E-state index in [1.807, 2.05) is 0 Å². The topological polar surface area (TPSA) is 55.8 Å². The minimum absolute atomic E-state index is 0.192. The van der Waals surface area contributed by atoms with Crippen LogP contribution < -0.4 is 0 Å². The first-order chi connectivity index (χ1) is 21.2. The van der Waals surface area contributed by atoms with Gasteiger partial charge in [-0.15, -0.1) is 0 Å². The molecule has 4 heteroatoms. The van der Waals surface area contributed by atoms with Crippen LogP contribution in [0.4, 0.5) is 0 Å². The molecule has 0 aliphatic heterocycles. The second kappa shape index (κ2) is 36.0. The van der Waals surface area contributed by atoms with E-state index in [0.717, 1.165) is 64.2 Å². The summed E-state index contributed by atoms with van der Waals surface area (Å²) in [5.41, 5.74) is 0. The molecule has 0 aromatic heterocycles. The minimum Gasteiger partial charge on any atom is -0.457 e. The molecule has 0 aromatic rings. The number of esters is 1. The van der Waals surface area contributed by atoms with Gasteiger partial charge in [-0.2, -0.15) is 0 Å². The predicted molar refractivity (Wildman–Crippen MR) is 186 cm³/mol. The lowest BCUT2D eigenvalue weighted by Crippen LogP contribution is -2.27. The number of hydrogen-bond acceptors (Lipinski definition) is 4. The molecular weight excluding hydrogens is 532 g/mol. The summed E-state index contributed by atoms with van der Waals surface area (Å²) in [5, 5.41) is 9.52. The highest BCUT2D eigenvalue weighted by atomic mass is 16.6. The molecule has 0 aromatic carbocycles. The quantitative estimate of drug-likeness (QED) is 0.0490. The molecule has 1 N–H and O–H groups in total. The van der Waals surface area contributed by atoms with E-state index in [2.05, 4.69) is 86.8 Å². The first kappa shape index (κ1) is 40.8. The average Bonchev–Trinajstić information content (AvgIpc) is 3.01. The highest BCUT2D eigenvalue weighted by molar-refractivity contribution is 5.69. The third-order valence-electron chi connectivity index (χ3n) is 7.05. The van der Waals surface area contributed by atoms with Crippen molar-refractivity contribution in [3.05, 3.63) is 72.9 Å². The van der Waals surface area contributed by atoms with Crippen LogP contribution in [0.2, 0.25) is 0 Å². The maximum absolute atomic E-state index is 12.1. The summed E-state index contributed by atoms with van der Waals surface area (Å²) < 4.78 is 11.0. The molecule has 0 saturated heterocycles. The summed E-state index contributed by atoms with van der Waals surface area (Å²) in [6.45, 7) is 5.16. The molecule has 0 saturated carbocycles. The van der Waals surface area contributed by atoms with Crippen LogP contribution in [0.25, 0.3) is 0 Å². The van der Waals surface area contributed by atoms with E-state index < -0.39 is 6.10 Å². The zero-order chi connectivity index (χ0) is 31.3. The second-order valence-corrected chi connectivity index (χ2v) is 11.2. The van der Waals surface area contributed by atoms with E-state index in [1.54, 1.807) is 0 Å². The standard InChI is InChI=1S/C39H66O4/c1-3-5-7-9-11-13-15-16-17-18-19-20-21-22-23-24-25-26-28-30-32-34-39(41)43-38(36-40)37-42-35-33-31-29-27-14-12-10-8-6-4-2/h5,7,11,13,16-17,19-20,22-23,25-26,38,40H,3-4,6,8-10,12,14-15,18,21,24,27-37H2,1-2H3/b7-5-,13-11-,17-16-,20-19-,23-22-,26-25-. The van der Waals surface area contributed by atoms with Crippen molar-refractivity contribution >= 4 is 5.97 Å². The van der Waals surface area contributed by atoms with Crippen molar-refractivity contribution in [2.24, 2.45) is 0 Å². The highest BCUT2D eigenvalue weighted by Gasteiger charge is 2.13. The molecule has 43 heavy (non-hydrogen) atoms. The minimum atomic E-state index is -0.556. The van der Waals surface area contributed by atoms with Crippen molar-refractivity contribution in [1.82, 2.24) is 0 Å². The van der Waals surface area contributed by atoms with E-state index in [-0.39, 0.29) is 19.2 Å². The van der Waals surface area contributed by atoms with E-state index in [4.69, 9.17) is 9.47 Å². The SMILES string of the molecule is CC/C=C\C/C=C\C/C=C\C/C=C\C/C=C\C/C=C\CCCCC(=O)OC(CO)COCCCCCCCCCCCC. The second-order valence-electron chi connectivity index (χ2n) is 11.2. The first-order valence-electron chi connectivity index (χ1n) is 17.5. The number of allylic oxidation sites excluding steroid dienone is 12. The van der Waals surface area contributed by atoms with Crippen LogP contribution in [0.15, 0.2) is 72.9 Å². The molecule has 0 aliphatic carbocycles. The lowest BCUT2D eigenvalue weighted by molar-refractivity contribution is -0.154. The molecule has 0 rings (SSSR count). The summed E-state index contributed by atoms with van der Waals surface area (Å²) in [4.78, 5) is 12.1. The Balaban J connectivity index is 3.62. The van der Waals surface area contributed by atoms with Gasteiger partial charge < -0.3 is 14.6 Å². The fraction of sp³-hybridized carbons (Fsp3) is 0.667. The summed E-state index contributed by atoms with van der Waals surface area (Å²) in [6, 6.07) is 0. The lowest BCUT2D eigenvalue weighted by Gasteiger charge is -2.15. The van der Waals surface area contributed by atoms with Crippen molar-refractivity contribution in [3.8, 4) is 0 Å². The van der Waals surface area contributed by atoms with E-state index in [9.17, 15) is 9.90 Å². The number of carbonyl (C=O) groups excluding carboxylic acids is 1. The fourth-order valence-corrected chi connectivity index (χ4v) is 4.45. The monoisotopic (exact) mass is 598 g/mol. The predicted octanol–water partition coefficient (Wildman–Crippen LogP) is 11.1. The number of hydrogen-bond donors (Lipinski definition) is 1. The van der Waals surface area contributed by atoms with E-state index >= 15 is 0 Å². The third-order valence-corrected chi connectivity index (χ3v) is 7.05. The Morgan fingerprint density at radius 3 is 1.53 bits per heavy atom. The molecule has 1 atom stereocenters. The molecule has 0 bridgehead atoms. The molecule has 1 unspecified atom stereocenters. The van der Waals surface area contributed by atoms with Gasteiger partial charge in [-0.3, -0.25) is 4.79 Å². The summed E-state index contributed by atoms with van der Waals surface area (Å²) in [5.74, 6) is -0.246. The summed E-state index contributed by atoms with van der Waals surface area (Å²) in [6.07, 6.45) is 47.9. The van der Waals surface area contributed by atoms with Gasteiger partial charge in [-0.05, 0) is 64.2 Å². The summed E-state index contributed by atoms with van der Waals surface area (Å²) >= 11 is 0. The number of aliphatic hydroxyl groups excluding tert-OH is 1. The molecule has 0 aliphatic rings. The van der Waals surface area contributed by atoms with Crippen molar-refractivity contribution in [2.45, 2.75) is 148 Å². The van der Waals surface area contributed by atoms with Gasteiger partial charge in [0, 0.05) is 13.0 Å². The smallest absolute Gasteiger partial charge is 0.306 e. The number of rotatable bonds is 31. The van der Waals surface area contributed by atoms with Crippen LogP contribution in [0, 0.1) is 0 Å². The summed E-state index contributed by atoms with van der Waals surface area (Å²) in [7, 11) is 0. The van der Waals surface area contributed by atoms with Crippen LogP contribution >= 0.6 is 0 Å². The Hall–Kier alpha value is -2.17. The van der Waals surface area contributed by atoms with Crippen LogP contribution in [0.5, 0.6) is 0 Å². The normalized spacial score (nSPS) is 13.3. The third kappa shape index (κ3) is 34.2.